The molecule has 1 aliphatic carbocycles. The number of rotatable bonds is 3. The molecule has 1 aliphatic rings. The Kier molecular flexibility index (Phi) is 9.15. The first-order valence-corrected chi connectivity index (χ1v) is 11.9. The van der Waals surface area contributed by atoms with E-state index in [4.69, 9.17) is 3.32 Å². The van der Waals surface area contributed by atoms with Crippen LogP contribution in [-0.2, 0) is 17.8 Å². The van der Waals surface area contributed by atoms with Crippen molar-refractivity contribution in [2.24, 2.45) is 5.92 Å². The number of allylic oxidation sites excluding steroid dienone is 4. The molecule has 1 unspecified atom stereocenters. The normalized spacial score (nSPS) is 16.7. The molecule has 0 saturated heterocycles. The molecular formula is C20H32Cl2OSiTi. The van der Waals surface area contributed by atoms with Gasteiger partial charge in [-0.2, -0.15) is 0 Å². The Morgan fingerprint density at radius 2 is 1.36 bits per heavy atom. The van der Waals surface area contributed by atoms with Crippen molar-refractivity contribution < 1.29 is 21.1 Å². The van der Waals surface area contributed by atoms with Gasteiger partial charge in [0, 0.05) is 0 Å². The second-order valence-electron chi connectivity index (χ2n) is 7.05. The third-order valence-corrected chi connectivity index (χ3v) is 10.5. The molecule has 0 aliphatic heterocycles. The molecule has 5 heteroatoms. The standard InChI is InChI=1S/C10H16OSi.C9H13.CH2.2ClH.Ti/c1-5-6(2)9(11)8(4)10(12)7(5)3;1-6-5-7(2)9(4)8(6)3;;;;/h11H,1-4,12H3;6H,1-4H3;1H2;2*1H;/q;;;;;+1/p-1. The molecule has 0 fully saturated rings. The summed E-state index contributed by atoms with van der Waals surface area (Å²) in [5, 5.41) is 1.49. The van der Waals surface area contributed by atoms with Gasteiger partial charge in [0.05, 0.1) is 0 Å². The minimum absolute atomic E-state index is 0. The average Bonchev–Trinajstić information content (AvgIpc) is 2.71. The summed E-state index contributed by atoms with van der Waals surface area (Å²) in [4.78, 5) is 4.52. The summed E-state index contributed by atoms with van der Waals surface area (Å²) in [7, 11) is 1.07. The molecule has 140 valence electrons. The first kappa shape index (κ1) is 24.9. The molecule has 0 heterocycles. The maximum absolute atomic E-state index is 6.61. The first-order chi connectivity index (χ1) is 10.6. The van der Waals surface area contributed by atoms with Crippen molar-refractivity contribution in [3.05, 3.63) is 42.9 Å². The van der Waals surface area contributed by atoms with Crippen LogP contribution in [0.4, 0.5) is 0 Å². The summed E-state index contributed by atoms with van der Waals surface area (Å²) < 4.78 is 8.11. The third kappa shape index (κ3) is 4.25. The van der Waals surface area contributed by atoms with E-state index in [1.807, 2.05) is 0 Å². The van der Waals surface area contributed by atoms with Crippen molar-refractivity contribution in [3.8, 4) is 5.75 Å². The van der Waals surface area contributed by atoms with Crippen LogP contribution in [0.3, 0.4) is 0 Å². The molecule has 1 atom stereocenters. The van der Waals surface area contributed by atoms with Gasteiger partial charge in [0.15, 0.2) is 0 Å². The van der Waals surface area contributed by atoms with Gasteiger partial charge in [-0.1, -0.05) is 0 Å². The molecule has 0 spiro atoms. The Balaban J connectivity index is 0.00000288. The van der Waals surface area contributed by atoms with Crippen LogP contribution in [0.2, 0.25) is 0 Å². The maximum atomic E-state index is 6.61. The molecule has 0 radical (unpaired) electrons. The van der Waals surface area contributed by atoms with Crippen molar-refractivity contribution >= 4 is 45.1 Å². The number of hydrogen-bond acceptors (Lipinski definition) is 1. The molecule has 2 rings (SSSR count). The van der Waals surface area contributed by atoms with Crippen LogP contribution in [0.5, 0.6) is 5.75 Å². The minimum atomic E-state index is -1.99. The molecule has 0 bridgehead atoms. The summed E-state index contributed by atoms with van der Waals surface area (Å²) in [5.74, 6) is 1.63. The van der Waals surface area contributed by atoms with Gasteiger partial charge in [-0.25, -0.2) is 0 Å². The van der Waals surface area contributed by atoms with E-state index < -0.39 is 17.8 Å². The molecule has 0 aromatic heterocycles. The van der Waals surface area contributed by atoms with Gasteiger partial charge in [-0.3, -0.25) is 0 Å². The number of hydrogen-bond donors (Lipinski definition) is 0. The number of halogens is 2. The molecule has 0 amide bonds. The van der Waals surface area contributed by atoms with Crippen molar-refractivity contribution in [1.82, 2.24) is 0 Å². The summed E-state index contributed by atoms with van der Waals surface area (Å²) >= 11 is -1.99. The fraction of sp³-hybridized carbons (Fsp3) is 0.450. The van der Waals surface area contributed by atoms with Crippen LogP contribution in [-0.4, -0.2) is 15.1 Å². The third-order valence-electron chi connectivity index (χ3n) is 6.10. The van der Waals surface area contributed by atoms with Crippen LogP contribution in [0.25, 0.3) is 0 Å². The summed E-state index contributed by atoms with van der Waals surface area (Å²) in [6.07, 6.45) is 0. The van der Waals surface area contributed by atoms with Crippen LogP contribution in [0.15, 0.2) is 20.6 Å². The van der Waals surface area contributed by atoms with Gasteiger partial charge in [0.1, 0.15) is 0 Å². The van der Waals surface area contributed by atoms with Gasteiger partial charge in [-0.05, 0) is 0 Å². The predicted molar refractivity (Wildman–Crippen MR) is 117 cm³/mol. The zero-order chi connectivity index (χ0) is 17.6. The second-order valence-corrected chi connectivity index (χ2v) is 10.5. The van der Waals surface area contributed by atoms with Crippen LogP contribution in [0.1, 0.15) is 49.9 Å². The SMILES string of the molecule is Cl.Cl.[CH2]=[Ti]([O]c1c(C)c(C)c(C)c([SiH3])c1C)[C]1=C(C)C(C)=C(C)C1C. The molecular weight excluding hydrogens is 403 g/mol. The summed E-state index contributed by atoms with van der Waals surface area (Å²) in [6.45, 7) is 17.9. The van der Waals surface area contributed by atoms with Gasteiger partial charge >= 0.3 is 151 Å². The first-order valence-electron chi connectivity index (χ1n) is 8.42. The molecule has 0 saturated carbocycles. The zero-order valence-electron chi connectivity index (χ0n) is 17.0. The molecule has 0 N–H and O–H groups in total. The Morgan fingerprint density at radius 3 is 1.80 bits per heavy atom. The van der Waals surface area contributed by atoms with E-state index in [1.165, 1.54) is 48.0 Å². The van der Waals surface area contributed by atoms with E-state index in [1.54, 1.807) is 0 Å². The Morgan fingerprint density at radius 1 is 0.840 bits per heavy atom. The van der Waals surface area contributed by atoms with E-state index in [2.05, 4.69) is 60.2 Å². The monoisotopic (exact) mass is 434 g/mol. The Labute approximate surface area is 175 Å². The fourth-order valence-electron chi connectivity index (χ4n) is 3.61. The van der Waals surface area contributed by atoms with Gasteiger partial charge in [-0.15, -0.1) is 24.8 Å². The Hall–Kier alpha value is -0.119. The van der Waals surface area contributed by atoms with Gasteiger partial charge < -0.3 is 0 Å². The van der Waals surface area contributed by atoms with Gasteiger partial charge in [0.25, 0.3) is 0 Å². The van der Waals surface area contributed by atoms with E-state index in [0.29, 0.717) is 5.92 Å². The zero-order valence-corrected chi connectivity index (χ0v) is 22.2. The quantitative estimate of drug-likeness (QED) is 0.642. The second kappa shape index (κ2) is 9.19. The average molecular weight is 435 g/mol. The summed E-state index contributed by atoms with van der Waals surface area (Å²) in [5.41, 5.74) is 9.86. The van der Waals surface area contributed by atoms with Crippen LogP contribution < -0.4 is 8.51 Å². The number of benzene rings is 1. The van der Waals surface area contributed by atoms with Crippen LogP contribution >= 0.6 is 24.8 Å². The topological polar surface area (TPSA) is 9.23 Å². The van der Waals surface area contributed by atoms with E-state index in [0.717, 1.165) is 16.0 Å². The van der Waals surface area contributed by atoms with Gasteiger partial charge in [0.2, 0.25) is 0 Å². The molecule has 1 aromatic carbocycles. The van der Waals surface area contributed by atoms with E-state index >= 15 is 0 Å². The van der Waals surface area contributed by atoms with Crippen molar-refractivity contribution in [2.45, 2.75) is 55.4 Å². The van der Waals surface area contributed by atoms with Crippen molar-refractivity contribution in [2.75, 3.05) is 0 Å². The fourth-order valence-corrected chi connectivity index (χ4v) is 7.29. The molecule has 1 aromatic rings. The van der Waals surface area contributed by atoms with Crippen molar-refractivity contribution in [3.63, 3.8) is 0 Å². The molecule has 1 nitrogen and oxygen atoms in total. The molecule has 25 heavy (non-hydrogen) atoms. The Bertz CT molecular complexity index is 749. The van der Waals surface area contributed by atoms with Crippen LogP contribution in [0, 0.1) is 33.6 Å². The van der Waals surface area contributed by atoms with E-state index in [-0.39, 0.29) is 24.8 Å². The van der Waals surface area contributed by atoms with E-state index in [9.17, 15) is 0 Å². The predicted octanol–water partition coefficient (Wildman–Crippen LogP) is 4.36. The van der Waals surface area contributed by atoms with Crippen molar-refractivity contribution in [1.29, 1.82) is 0 Å². The summed E-state index contributed by atoms with van der Waals surface area (Å²) in [6, 6.07) is 0.